The molecule has 0 bridgehead atoms. The summed E-state index contributed by atoms with van der Waals surface area (Å²) in [6.07, 6.45) is -4.55. The molecule has 0 amide bonds. The van der Waals surface area contributed by atoms with Crippen molar-refractivity contribution < 1.29 is 27.8 Å². The molecule has 0 aliphatic heterocycles. The number of nitrogens with zero attached hydrogens (tertiary/aromatic N) is 1. The number of rotatable bonds is 8. The highest BCUT2D eigenvalue weighted by Crippen LogP contribution is 2.37. The Hall–Kier alpha value is -2.52. The minimum Gasteiger partial charge on any atom is -0.394 e. The fourth-order valence-electron chi connectivity index (χ4n) is 3.48. The van der Waals surface area contributed by atoms with Crippen molar-refractivity contribution in [2.24, 2.45) is 0 Å². The van der Waals surface area contributed by atoms with Crippen LogP contribution in [0.3, 0.4) is 0 Å². The van der Waals surface area contributed by atoms with Gasteiger partial charge in [0.05, 0.1) is 34.5 Å². The predicted octanol–water partition coefficient (Wildman–Crippen LogP) is 4.32. The third-order valence-electron chi connectivity index (χ3n) is 5.04. The molecule has 0 saturated heterocycles. The van der Waals surface area contributed by atoms with Crippen LogP contribution in [-0.2, 0) is 18.1 Å². The monoisotopic (exact) mass is 468 g/mol. The maximum Gasteiger partial charge on any atom is 0.416 e. The van der Waals surface area contributed by atoms with Gasteiger partial charge in [-0.05, 0) is 41.5 Å². The smallest absolute Gasteiger partial charge is 0.394 e. The number of hydrogen-bond acceptors (Lipinski definition) is 4. The Morgan fingerprint density at radius 3 is 2.28 bits per heavy atom. The molecule has 0 aliphatic carbocycles. The van der Waals surface area contributed by atoms with Gasteiger partial charge in [0.1, 0.15) is 5.82 Å². The van der Waals surface area contributed by atoms with E-state index in [1.165, 1.54) is 18.3 Å². The first-order chi connectivity index (χ1) is 15.1. The lowest BCUT2D eigenvalue weighted by Crippen LogP contribution is -2.49. The molecule has 0 radical (unpaired) electrons. The number of aliphatic hydroxyl groups is 2. The van der Waals surface area contributed by atoms with Gasteiger partial charge in [-0.1, -0.05) is 41.9 Å². The number of aromatic nitrogens is 1. The van der Waals surface area contributed by atoms with Crippen LogP contribution in [0.25, 0.3) is 0 Å². The van der Waals surface area contributed by atoms with Crippen LogP contribution in [0, 0.1) is 5.82 Å². The Kier molecular flexibility index (Phi) is 7.51. The van der Waals surface area contributed by atoms with Crippen molar-refractivity contribution >= 4 is 11.6 Å². The van der Waals surface area contributed by atoms with Crippen molar-refractivity contribution in [3.63, 3.8) is 0 Å². The van der Waals surface area contributed by atoms with Gasteiger partial charge in [-0.3, -0.25) is 10.3 Å². The Morgan fingerprint density at radius 1 is 1.00 bits per heavy atom. The molecule has 3 rings (SSSR count). The summed E-state index contributed by atoms with van der Waals surface area (Å²) in [5.74, 6) is -1.06. The Bertz CT molecular complexity index is 1030. The Labute approximate surface area is 187 Å². The lowest BCUT2D eigenvalue weighted by molar-refractivity contribution is -0.137. The van der Waals surface area contributed by atoms with Crippen LogP contribution in [0.15, 0.2) is 66.9 Å². The SMILES string of the molecule is OC[C@@H](O)CN[C@@](Cc1ccccc1)(c1cc(F)cc(C(F)(F)F)c1)c1ccc(Cl)cn1. The molecule has 0 fully saturated rings. The highest BCUT2D eigenvalue weighted by molar-refractivity contribution is 6.30. The molecule has 3 N–H and O–H groups in total. The van der Waals surface area contributed by atoms with Gasteiger partial charge in [-0.2, -0.15) is 13.2 Å². The molecule has 2 atom stereocenters. The first kappa shape index (κ1) is 24.1. The minimum absolute atomic E-state index is 0.0337. The number of pyridine rings is 1. The van der Waals surface area contributed by atoms with E-state index in [1.807, 2.05) is 0 Å². The second-order valence-corrected chi connectivity index (χ2v) is 7.81. The molecule has 170 valence electrons. The van der Waals surface area contributed by atoms with E-state index in [9.17, 15) is 27.8 Å². The quantitative estimate of drug-likeness (QED) is 0.431. The van der Waals surface area contributed by atoms with Crippen molar-refractivity contribution in [3.8, 4) is 0 Å². The zero-order valence-electron chi connectivity index (χ0n) is 16.8. The number of benzene rings is 2. The zero-order valence-corrected chi connectivity index (χ0v) is 17.5. The lowest BCUT2D eigenvalue weighted by Gasteiger charge is -2.36. The molecule has 0 unspecified atom stereocenters. The van der Waals surface area contributed by atoms with Crippen LogP contribution in [0.5, 0.6) is 0 Å². The number of nitrogens with one attached hydrogen (secondary N) is 1. The van der Waals surface area contributed by atoms with E-state index in [2.05, 4.69) is 10.3 Å². The van der Waals surface area contributed by atoms with E-state index < -0.39 is 35.8 Å². The first-order valence-electron chi connectivity index (χ1n) is 9.72. The average Bonchev–Trinajstić information content (AvgIpc) is 2.76. The van der Waals surface area contributed by atoms with Crippen LogP contribution in [0.1, 0.15) is 22.4 Å². The number of hydrogen-bond donors (Lipinski definition) is 3. The van der Waals surface area contributed by atoms with Gasteiger partial charge in [0.2, 0.25) is 0 Å². The molecule has 1 aromatic heterocycles. The molecule has 32 heavy (non-hydrogen) atoms. The number of halogens is 5. The first-order valence-corrected chi connectivity index (χ1v) is 10.1. The zero-order chi connectivity index (χ0) is 23.4. The van der Waals surface area contributed by atoms with Gasteiger partial charge in [-0.25, -0.2) is 4.39 Å². The molecular weight excluding hydrogens is 448 g/mol. The lowest BCUT2D eigenvalue weighted by atomic mass is 9.79. The Balaban J connectivity index is 2.26. The molecular formula is C23H21ClF4N2O2. The maximum atomic E-state index is 14.4. The van der Waals surface area contributed by atoms with E-state index in [1.54, 1.807) is 30.3 Å². The molecule has 0 aliphatic rings. The van der Waals surface area contributed by atoms with Gasteiger partial charge >= 0.3 is 6.18 Å². The molecule has 4 nitrogen and oxygen atoms in total. The summed E-state index contributed by atoms with van der Waals surface area (Å²) in [6, 6.07) is 14.2. The normalized spacial score (nSPS) is 14.7. The number of aliphatic hydroxyl groups excluding tert-OH is 2. The molecule has 0 saturated carbocycles. The van der Waals surface area contributed by atoms with Crippen LogP contribution in [0.4, 0.5) is 17.6 Å². The molecule has 2 aromatic carbocycles. The van der Waals surface area contributed by atoms with Crippen molar-refractivity contribution in [2.75, 3.05) is 13.2 Å². The maximum absolute atomic E-state index is 14.4. The molecule has 9 heteroatoms. The topological polar surface area (TPSA) is 65.4 Å². The van der Waals surface area contributed by atoms with E-state index in [0.717, 1.165) is 17.7 Å². The van der Waals surface area contributed by atoms with Crippen LogP contribution in [0.2, 0.25) is 5.02 Å². The molecule has 1 heterocycles. The van der Waals surface area contributed by atoms with Gasteiger partial charge in [0.15, 0.2) is 0 Å². The molecule has 0 spiro atoms. The second-order valence-electron chi connectivity index (χ2n) is 7.37. The summed E-state index contributed by atoms with van der Waals surface area (Å²) < 4.78 is 54.9. The van der Waals surface area contributed by atoms with Gasteiger partial charge in [-0.15, -0.1) is 0 Å². The van der Waals surface area contributed by atoms with Crippen LogP contribution >= 0.6 is 11.6 Å². The summed E-state index contributed by atoms with van der Waals surface area (Å²) in [6.45, 7) is -0.759. The van der Waals surface area contributed by atoms with E-state index >= 15 is 0 Å². The van der Waals surface area contributed by atoms with Gasteiger partial charge in [0.25, 0.3) is 0 Å². The van der Waals surface area contributed by atoms with E-state index in [0.29, 0.717) is 11.1 Å². The summed E-state index contributed by atoms with van der Waals surface area (Å²) in [4.78, 5) is 4.31. The standard InChI is InChI=1S/C23H21ClF4N2O2/c24-18-6-7-21(29-12-18)22(30-13-20(32)14-31,11-15-4-2-1-3-5-15)16-8-17(23(26,27)28)10-19(25)9-16/h1-10,12,20,30-32H,11,13-14H2/t20-,22-/m0/s1. The van der Waals surface area contributed by atoms with E-state index in [-0.39, 0.29) is 24.2 Å². The summed E-state index contributed by atoms with van der Waals surface area (Å²) in [7, 11) is 0. The van der Waals surface area contributed by atoms with Crippen molar-refractivity contribution in [1.29, 1.82) is 0 Å². The third-order valence-corrected chi connectivity index (χ3v) is 5.27. The highest BCUT2D eigenvalue weighted by Gasteiger charge is 2.39. The largest absolute Gasteiger partial charge is 0.416 e. The van der Waals surface area contributed by atoms with Gasteiger partial charge in [0, 0.05) is 19.2 Å². The van der Waals surface area contributed by atoms with Crippen molar-refractivity contribution in [3.05, 3.63) is 100 Å². The van der Waals surface area contributed by atoms with E-state index in [4.69, 9.17) is 11.6 Å². The fourth-order valence-corrected chi connectivity index (χ4v) is 3.59. The molecule has 3 aromatic rings. The highest BCUT2D eigenvalue weighted by atomic mass is 35.5. The van der Waals surface area contributed by atoms with Crippen LogP contribution in [-0.4, -0.2) is 34.5 Å². The number of alkyl halides is 3. The average molecular weight is 469 g/mol. The third kappa shape index (κ3) is 5.63. The summed E-state index contributed by atoms with van der Waals surface area (Å²) >= 11 is 5.96. The summed E-state index contributed by atoms with van der Waals surface area (Å²) in [5, 5.41) is 22.6. The second kappa shape index (κ2) is 9.95. The van der Waals surface area contributed by atoms with Crippen LogP contribution < -0.4 is 5.32 Å². The minimum atomic E-state index is -4.77. The van der Waals surface area contributed by atoms with Gasteiger partial charge < -0.3 is 10.2 Å². The Morgan fingerprint density at radius 2 is 1.69 bits per heavy atom. The fraction of sp³-hybridized carbons (Fsp3) is 0.261. The predicted molar refractivity (Wildman–Crippen MR) is 113 cm³/mol. The van der Waals surface area contributed by atoms with Crippen molar-refractivity contribution in [1.82, 2.24) is 10.3 Å². The summed E-state index contributed by atoms with van der Waals surface area (Å²) in [5.41, 5.74) is -1.65. The van der Waals surface area contributed by atoms with Crippen molar-refractivity contribution in [2.45, 2.75) is 24.2 Å².